The summed E-state index contributed by atoms with van der Waals surface area (Å²) in [6, 6.07) is 8.49. The Kier molecular flexibility index (Phi) is 6.79. The summed E-state index contributed by atoms with van der Waals surface area (Å²) < 4.78 is 48.4. The van der Waals surface area contributed by atoms with Crippen molar-refractivity contribution >= 4 is 16.7 Å². The zero-order chi connectivity index (χ0) is 26.1. The van der Waals surface area contributed by atoms with Gasteiger partial charge in [0.15, 0.2) is 0 Å². The van der Waals surface area contributed by atoms with Crippen LogP contribution in [0.4, 0.5) is 19.0 Å². The molecule has 1 N–H and O–H groups in total. The SMILES string of the molecule is Cc1nc(N[C@H](C)c2cccc(C(F)F)c2F)c2cn(N3CCOCC3)c(=O)c(-c3ccccn3)c2n1. The van der Waals surface area contributed by atoms with E-state index in [-0.39, 0.29) is 11.1 Å². The van der Waals surface area contributed by atoms with Gasteiger partial charge in [-0.05, 0) is 26.0 Å². The third-order valence-corrected chi connectivity index (χ3v) is 6.29. The normalized spacial score (nSPS) is 14.8. The maximum atomic E-state index is 14.9. The number of pyridine rings is 2. The lowest BCUT2D eigenvalue weighted by molar-refractivity contribution is 0.111. The summed E-state index contributed by atoms with van der Waals surface area (Å²) in [6.45, 7) is 5.29. The molecule has 1 fully saturated rings. The number of morpholine rings is 1. The van der Waals surface area contributed by atoms with Gasteiger partial charge in [0.1, 0.15) is 17.5 Å². The highest BCUT2D eigenvalue weighted by Gasteiger charge is 2.24. The predicted octanol–water partition coefficient (Wildman–Crippen LogP) is 4.38. The Morgan fingerprint density at radius 1 is 1.05 bits per heavy atom. The first-order valence-electron chi connectivity index (χ1n) is 11.9. The van der Waals surface area contributed by atoms with Crippen molar-refractivity contribution in [1.29, 1.82) is 0 Å². The van der Waals surface area contributed by atoms with Gasteiger partial charge in [-0.15, -0.1) is 0 Å². The molecule has 1 aromatic carbocycles. The molecule has 0 saturated carbocycles. The second-order valence-corrected chi connectivity index (χ2v) is 8.73. The van der Waals surface area contributed by atoms with Crippen LogP contribution < -0.4 is 15.9 Å². The second-order valence-electron chi connectivity index (χ2n) is 8.73. The van der Waals surface area contributed by atoms with Crippen LogP contribution in [0, 0.1) is 12.7 Å². The second kappa shape index (κ2) is 10.2. The fourth-order valence-electron chi connectivity index (χ4n) is 4.48. The van der Waals surface area contributed by atoms with Crippen LogP contribution in [-0.2, 0) is 4.74 Å². The third-order valence-electron chi connectivity index (χ3n) is 6.29. The third kappa shape index (κ3) is 4.74. The molecule has 1 aliphatic rings. The van der Waals surface area contributed by atoms with E-state index in [4.69, 9.17) is 4.74 Å². The molecule has 1 saturated heterocycles. The first-order chi connectivity index (χ1) is 17.8. The molecular weight excluding hydrogens is 485 g/mol. The summed E-state index contributed by atoms with van der Waals surface area (Å²) in [5, 5.41) is 5.54. The number of benzene rings is 1. The standard InChI is InChI=1S/C26H25F3N6O2/c1-15(17-6-5-7-18(22(17)27)24(28)29)31-25-19-14-35(34-10-12-37-13-11-34)26(36)21(20-8-3-4-9-30-20)23(19)32-16(2)33-25/h3-9,14-15,24H,10-13H2,1-2H3,(H,31,32,33)/t15-/m1/s1. The zero-order valence-corrected chi connectivity index (χ0v) is 20.3. The van der Waals surface area contributed by atoms with Gasteiger partial charge in [-0.2, -0.15) is 0 Å². The van der Waals surface area contributed by atoms with E-state index in [2.05, 4.69) is 20.3 Å². The van der Waals surface area contributed by atoms with E-state index in [1.807, 2.05) is 5.01 Å². The average Bonchev–Trinajstić information content (AvgIpc) is 2.89. The van der Waals surface area contributed by atoms with Gasteiger partial charge in [0, 0.05) is 18.0 Å². The molecule has 4 aromatic rings. The molecule has 0 spiro atoms. The monoisotopic (exact) mass is 510 g/mol. The molecule has 3 aromatic heterocycles. The van der Waals surface area contributed by atoms with Crippen molar-refractivity contribution in [2.75, 3.05) is 36.6 Å². The van der Waals surface area contributed by atoms with Crippen molar-refractivity contribution in [2.45, 2.75) is 26.3 Å². The van der Waals surface area contributed by atoms with Gasteiger partial charge in [0.05, 0.1) is 60.1 Å². The van der Waals surface area contributed by atoms with Crippen LogP contribution in [0.3, 0.4) is 0 Å². The first-order valence-corrected chi connectivity index (χ1v) is 11.9. The van der Waals surface area contributed by atoms with Gasteiger partial charge in [-0.1, -0.05) is 24.3 Å². The highest BCUT2D eigenvalue weighted by molar-refractivity contribution is 5.97. The number of hydrogen-bond acceptors (Lipinski definition) is 7. The van der Waals surface area contributed by atoms with Gasteiger partial charge >= 0.3 is 0 Å². The molecule has 0 radical (unpaired) electrons. The maximum Gasteiger partial charge on any atom is 0.280 e. The number of nitrogens with zero attached hydrogens (tertiary/aromatic N) is 5. The summed E-state index contributed by atoms with van der Waals surface area (Å²) in [5.41, 5.74) is 0.268. The summed E-state index contributed by atoms with van der Waals surface area (Å²) in [4.78, 5) is 27.2. The van der Waals surface area contributed by atoms with Crippen molar-refractivity contribution in [3.8, 4) is 11.3 Å². The van der Waals surface area contributed by atoms with E-state index in [9.17, 15) is 18.0 Å². The van der Waals surface area contributed by atoms with Crippen molar-refractivity contribution in [1.82, 2.24) is 19.6 Å². The number of ether oxygens (including phenoxy) is 1. The zero-order valence-electron chi connectivity index (χ0n) is 20.3. The molecule has 0 amide bonds. The maximum absolute atomic E-state index is 14.9. The number of hydrogen-bond donors (Lipinski definition) is 1. The molecule has 11 heteroatoms. The molecule has 0 unspecified atom stereocenters. The Bertz CT molecular complexity index is 1490. The van der Waals surface area contributed by atoms with Gasteiger partial charge in [-0.25, -0.2) is 27.8 Å². The molecular formula is C26H25F3N6O2. The summed E-state index contributed by atoms with van der Waals surface area (Å²) >= 11 is 0. The van der Waals surface area contributed by atoms with Gasteiger partial charge in [0.25, 0.3) is 12.0 Å². The van der Waals surface area contributed by atoms with E-state index in [0.29, 0.717) is 60.1 Å². The lowest BCUT2D eigenvalue weighted by atomic mass is 10.0. The number of aromatic nitrogens is 4. The van der Waals surface area contributed by atoms with Gasteiger partial charge in [-0.3, -0.25) is 9.78 Å². The Hall–Kier alpha value is -3.99. The summed E-state index contributed by atoms with van der Waals surface area (Å²) in [5.74, 6) is -0.243. The summed E-state index contributed by atoms with van der Waals surface area (Å²) in [7, 11) is 0. The van der Waals surface area contributed by atoms with Crippen molar-refractivity contribution in [2.24, 2.45) is 0 Å². The molecule has 0 aliphatic carbocycles. The highest BCUT2D eigenvalue weighted by Crippen LogP contribution is 2.32. The topological polar surface area (TPSA) is 85.2 Å². The van der Waals surface area contributed by atoms with Crippen LogP contribution in [-0.4, -0.2) is 45.9 Å². The van der Waals surface area contributed by atoms with Gasteiger partial charge in [0.2, 0.25) is 0 Å². The van der Waals surface area contributed by atoms with E-state index in [0.717, 1.165) is 6.07 Å². The Morgan fingerprint density at radius 3 is 2.51 bits per heavy atom. The minimum Gasteiger partial charge on any atom is -0.378 e. The van der Waals surface area contributed by atoms with Crippen molar-refractivity contribution in [3.05, 3.63) is 81.9 Å². The molecule has 5 rings (SSSR count). The van der Waals surface area contributed by atoms with E-state index >= 15 is 0 Å². The molecule has 37 heavy (non-hydrogen) atoms. The van der Waals surface area contributed by atoms with Gasteiger partial charge < -0.3 is 15.1 Å². The van der Waals surface area contributed by atoms with Crippen molar-refractivity contribution < 1.29 is 17.9 Å². The number of fused-ring (bicyclic) bond motifs is 1. The number of alkyl halides is 2. The average molecular weight is 511 g/mol. The number of halogens is 3. The smallest absolute Gasteiger partial charge is 0.280 e. The molecule has 4 heterocycles. The Balaban J connectivity index is 1.69. The van der Waals surface area contributed by atoms with E-state index in [1.165, 1.54) is 16.8 Å². The van der Waals surface area contributed by atoms with Crippen LogP contribution in [0.1, 0.15) is 36.3 Å². The number of anilines is 1. The van der Waals surface area contributed by atoms with Crippen LogP contribution >= 0.6 is 0 Å². The highest BCUT2D eigenvalue weighted by atomic mass is 19.3. The molecule has 192 valence electrons. The Labute approximate surface area is 210 Å². The largest absolute Gasteiger partial charge is 0.378 e. The molecule has 1 aliphatic heterocycles. The minimum absolute atomic E-state index is 0.0775. The number of nitrogens with one attached hydrogen (secondary N) is 1. The molecule has 0 bridgehead atoms. The fourth-order valence-corrected chi connectivity index (χ4v) is 4.48. The lowest BCUT2D eigenvalue weighted by Crippen LogP contribution is -2.49. The quantitative estimate of drug-likeness (QED) is 0.412. The fraction of sp³-hybridized carbons (Fsp3) is 0.308. The number of aryl methyl sites for hydroxylation is 1. The van der Waals surface area contributed by atoms with E-state index in [1.54, 1.807) is 44.4 Å². The number of rotatable bonds is 6. The van der Waals surface area contributed by atoms with Crippen LogP contribution in [0.25, 0.3) is 22.2 Å². The summed E-state index contributed by atoms with van der Waals surface area (Å²) in [6.07, 6.45) is 0.314. The lowest BCUT2D eigenvalue weighted by Gasteiger charge is -2.31. The minimum atomic E-state index is -2.93. The predicted molar refractivity (Wildman–Crippen MR) is 134 cm³/mol. The van der Waals surface area contributed by atoms with E-state index < -0.39 is 23.8 Å². The van der Waals surface area contributed by atoms with Crippen LogP contribution in [0.5, 0.6) is 0 Å². The molecule has 1 atom stereocenters. The Morgan fingerprint density at radius 2 is 1.81 bits per heavy atom. The van der Waals surface area contributed by atoms with Crippen molar-refractivity contribution in [3.63, 3.8) is 0 Å². The first kappa shape index (κ1) is 24.7. The van der Waals surface area contributed by atoms with Crippen LogP contribution in [0.2, 0.25) is 0 Å². The molecule has 8 nitrogen and oxygen atoms in total. The van der Waals surface area contributed by atoms with Crippen LogP contribution in [0.15, 0.2) is 53.6 Å².